The summed E-state index contributed by atoms with van der Waals surface area (Å²) in [5.41, 5.74) is 6.50. The van der Waals surface area contributed by atoms with E-state index >= 15 is 0 Å². The van der Waals surface area contributed by atoms with Crippen LogP contribution in [0.1, 0.15) is 45.2 Å². The van der Waals surface area contributed by atoms with E-state index < -0.39 is 16.0 Å². The lowest BCUT2D eigenvalue weighted by atomic mass is 9.89. The molecule has 0 fully saturated rings. The molecule has 46 heavy (non-hydrogen) atoms. The molecule has 1 heterocycles. The molecule has 0 spiro atoms. The minimum atomic E-state index is -4.09. The van der Waals surface area contributed by atoms with Crippen LogP contribution in [-0.4, -0.2) is 32.1 Å². The molecule has 0 unspecified atom stereocenters. The zero-order valence-corrected chi connectivity index (χ0v) is 26.9. The van der Waals surface area contributed by atoms with E-state index in [0.29, 0.717) is 51.9 Å². The van der Waals surface area contributed by atoms with Crippen LogP contribution in [-0.2, 0) is 27.6 Å². The van der Waals surface area contributed by atoms with Crippen molar-refractivity contribution in [1.82, 2.24) is 3.97 Å². The first kappa shape index (κ1) is 30.9. The van der Waals surface area contributed by atoms with Gasteiger partial charge in [0.05, 0.1) is 29.7 Å². The van der Waals surface area contributed by atoms with E-state index in [-0.39, 0.29) is 11.5 Å². The molecule has 0 saturated heterocycles. The van der Waals surface area contributed by atoms with Crippen molar-refractivity contribution in [2.75, 3.05) is 13.7 Å². The number of hydrogen-bond acceptors (Lipinski definition) is 5. The quantitative estimate of drug-likeness (QED) is 0.143. The van der Waals surface area contributed by atoms with E-state index in [4.69, 9.17) is 9.47 Å². The Morgan fingerprint density at radius 1 is 0.761 bits per heavy atom. The topological polar surface area (TPSA) is 74.6 Å². The van der Waals surface area contributed by atoms with E-state index in [2.05, 4.69) is 0 Å². The van der Waals surface area contributed by atoms with Gasteiger partial charge in [-0.05, 0) is 78.9 Å². The van der Waals surface area contributed by atoms with E-state index in [9.17, 15) is 13.2 Å². The van der Waals surface area contributed by atoms with Crippen LogP contribution >= 0.6 is 0 Å². The van der Waals surface area contributed by atoms with Gasteiger partial charge in [0.1, 0.15) is 5.75 Å². The lowest BCUT2D eigenvalue weighted by Crippen LogP contribution is -2.17. The van der Waals surface area contributed by atoms with Crippen molar-refractivity contribution >= 4 is 26.9 Å². The summed E-state index contributed by atoms with van der Waals surface area (Å²) >= 11 is 0. The van der Waals surface area contributed by atoms with Gasteiger partial charge in [0.15, 0.2) is 0 Å². The first-order chi connectivity index (χ1) is 22.3. The van der Waals surface area contributed by atoms with Crippen LogP contribution in [0.25, 0.3) is 22.0 Å². The summed E-state index contributed by atoms with van der Waals surface area (Å²) in [7, 11) is -2.49. The summed E-state index contributed by atoms with van der Waals surface area (Å²) in [5.74, 6) is 0.211. The van der Waals surface area contributed by atoms with Crippen molar-refractivity contribution in [3.8, 4) is 16.9 Å². The molecule has 7 heteroatoms. The number of rotatable bonds is 10. The normalized spacial score (nSPS) is 11.5. The van der Waals surface area contributed by atoms with Gasteiger partial charge in [0.2, 0.25) is 0 Å². The minimum Gasteiger partial charge on any atom is -0.497 e. The number of aromatic nitrogens is 1. The Labute approximate surface area is 269 Å². The van der Waals surface area contributed by atoms with Crippen molar-refractivity contribution < 1.29 is 22.7 Å². The second-order valence-electron chi connectivity index (χ2n) is 11.2. The van der Waals surface area contributed by atoms with Gasteiger partial charge < -0.3 is 9.47 Å². The summed E-state index contributed by atoms with van der Waals surface area (Å²) in [6, 6.07) is 37.7. The van der Waals surface area contributed by atoms with Crippen LogP contribution in [0.15, 0.2) is 126 Å². The molecule has 0 N–H and O–H groups in total. The van der Waals surface area contributed by atoms with Crippen molar-refractivity contribution in [2.24, 2.45) is 0 Å². The highest BCUT2D eigenvalue weighted by Gasteiger charge is 2.29. The Morgan fingerprint density at radius 3 is 1.96 bits per heavy atom. The summed E-state index contributed by atoms with van der Waals surface area (Å²) in [5, 5.41) is 0.632. The van der Waals surface area contributed by atoms with Crippen LogP contribution in [0.3, 0.4) is 0 Å². The number of fused-ring (bicyclic) bond motifs is 1. The molecule has 0 radical (unpaired) electrons. The minimum absolute atomic E-state index is 0.185. The summed E-state index contributed by atoms with van der Waals surface area (Å²) in [6.45, 7) is 3.92. The highest BCUT2D eigenvalue weighted by molar-refractivity contribution is 7.90. The predicted molar refractivity (Wildman–Crippen MR) is 182 cm³/mol. The van der Waals surface area contributed by atoms with Crippen molar-refractivity contribution in [2.45, 2.75) is 31.6 Å². The van der Waals surface area contributed by atoms with Gasteiger partial charge >= 0.3 is 5.97 Å². The van der Waals surface area contributed by atoms with Crippen LogP contribution in [0.5, 0.6) is 5.75 Å². The average Bonchev–Trinajstić information content (AvgIpc) is 3.44. The number of benzene rings is 5. The van der Waals surface area contributed by atoms with E-state index in [0.717, 1.165) is 22.3 Å². The van der Waals surface area contributed by atoms with Crippen LogP contribution < -0.4 is 4.74 Å². The van der Waals surface area contributed by atoms with Crippen LogP contribution in [0.4, 0.5) is 0 Å². The third-order valence-corrected chi connectivity index (χ3v) is 9.87. The SMILES string of the molecule is CCOC(=O)c1cc2cc(Cc3ccccc3)n(S(=O)(=O)c3ccc(C)cc3)c2c(-c2ccc(OC)cc2)c1Cc1ccccc1. The largest absolute Gasteiger partial charge is 0.497 e. The van der Waals surface area contributed by atoms with Gasteiger partial charge in [0.25, 0.3) is 10.0 Å². The molecule has 0 amide bonds. The maximum absolute atomic E-state index is 14.8. The number of carbonyl (C=O) groups excluding carboxylic acids is 1. The average molecular weight is 630 g/mol. The first-order valence-electron chi connectivity index (χ1n) is 15.2. The van der Waals surface area contributed by atoms with Gasteiger partial charge in [-0.2, -0.15) is 0 Å². The Kier molecular flexibility index (Phi) is 8.77. The summed E-state index contributed by atoms with van der Waals surface area (Å²) in [6.07, 6.45) is 0.751. The van der Waals surface area contributed by atoms with Gasteiger partial charge in [-0.1, -0.05) is 90.5 Å². The lowest BCUT2D eigenvalue weighted by molar-refractivity contribution is 0.0525. The number of carbonyl (C=O) groups is 1. The zero-order chi connectivity index (χ0) is 32.3. The second-order valence-corrected chi connectivity index (χ2v) is 13.0. The van der Waals surface area contributed by atoms with Gasteiger partial charge in [-0.3, -0.25) is 0 Å². The fourth-order valence-electron chi connectivity index (χ4n) is 5.90. The lowest BCUT2D eigenvalue weighted by Gasteiger charge is -2.20. The molecule has 6 rings (SSSR count). The molecule has 5 aromatic carbocycles. The maximum atomic E-state index is 14.8. The third-order valence-electron chi connectivity index (χ3n) is 8.11. The van der Waals surface area contributed by atoms with Gasteiger partial charge in [-0.15, -0.1) is 0 Å². The molecule has 0 aliphatic rings. The summed E-state index contributed by atoms with van der Waals surface area (Å²) < 4.78 is 42.0. The number of esters is 1. The van der Waals surface area contributed by atoms with Crippen molar-refractivity contribution in [3.05, 3.63) is 155 Å². The Balaban J connectivity index is 1.75. The van der Waals surface area contributed by atoms with Crippen LogP contribution in [0.2, 0.25) is 0 Å². The number of methoxy groups -OCH3 is 1. The molecular weight excluding hydrogens is 594 g/mol. The van der Waals surface area contributed by atoms with E-state index in [1.165, 1.54) is 3.97 Å². The molecule has 0 aliphatic carbocycles. The van der Waals surface area contributed by atoms with E-state index in [1.807, 2.05) is 97.9 Å². The fraction of sp³-hybridized carbons (Fsp3) is 0.154. The number of ether oxygens (including phenoxy) is 2. The second kappa shape index (κ2) is 13.1. The van der Waals surface area contributed by atoms with Crippen LogP contribution in [0, 0.1) is 6.92 Å². The predicted octanol–water partition coefficient (Wildman–Crippen LogP) is 8.22. The molecule has 232 valence electrons. The maximum Gasteiger partial charge on any atom is 0.338 e. The Bertz CT molecular complexity index is 2100. The number of hydrogen-bond donors (Lipinski definition) is 0. The highest BCUT2D eigenvalue weighted by atomic mass is 32.2. The van der Waals surface area contributed by atoms with Gasteiger partial charge in [0, 0.05) is 23.1 Å². The molecule has 0 saturated carbocycles. The Hall–Kier alpha value is -5.14. The number of nitrogens with zero attached hydrogens (tertiary/aromatic N) is 1. The molecule has 0 bridgehead atoms. The van der Waals surface area contributed by atoms with Crippen molar-refractivity contribution in [1.29, 1.82) is 0 Å². The standard InChI is InChI=1S/C39H35NO5S/c1-4-45-39(41)36-26-31-25-32(23-28-11-7-5-8-12-28)40(46(42,43)34-21-15-27(2)16-22-34)38(31)37(30-17-19-33(44-3)20-18-30)35(36)24-29-13-9-6-10-14-29/h5-22,25-26H,4,23-24H2,1-3H3. The molecule has 0 atom stereocenters. The molecule has 1 aromatic heterocycles. The van der Waals surface area contributed by atoms with Gasteiger partial charge in [-0.25, -0.2) is 17.2 Å². The molecular formula is C39H35NO5S. The fourth-order valence-corrected chi connectivity index (χ4v) is 7.46. The monoisotopic (exact) mass is 629 g/mol. The smallest absolute Gasteiger partial charge is 0.338 e. The first-order valence-corrected chi connectivity index (χ1v) is 16.7. The number of aryl methyl sites for hydroxylation is 1. The molecule has 0 aliphatic heterocycles. The summed E-state index contributed by atoms with van der Waals surface area (Å²) in [4.78, 5) is 13.8. The van der Waals surface area contributed by atoms with E-state index in [1.54, 1.807) is 44.4 Å². The zero-order valence-electron chi connectivity index (χ0n) is 26.1. The Morgan fingerprint density at radius 2 is 1.37 bits per heavy atom. The molecule has 6 nitrogen and oxygen atoms in total. The van der Waals surface area contributed by atoms with Crippen molar-refractivity contribution in [3.63, 3.8) is 0 Å². The highest BCUT2D eigenvalue weighted by Crippen LogP contribution is 2.41. The molecule has 6 aromatic rings. The third kappa shape index (κ3) is 6.06.